The van der Waals surface area contributed by atoms with Gasteiger partial charge in [-0.15, -0.1) is 0 Å². The maximum absolute atomic E-state index is 3.98. The zero-order valence-corrected chi connectivity index (χ0v) is 19.4. The van der Waals surface area contributed by atoms with Gasteiger partial charge in [0.1, 0.15) is 0 Å². The molecule has 3 fully saturated rings. The van der Waals surface area contributed by atoms with Crippen LogP contribution in [0.3, 0.4) is 0 Å². The van der Waals surface area contributed by atoms with Crippen molar-refractivity contribution >= 4 is 0 Å². The van der Waals surface area contributed by atoms with Gasteiger partial charge in [0, 0.05) is 24.2 Å². The second kappa shape index (κ2) is 11.3. The van der Waals surface area contributed by atoms with E-state index in [0.717, 1.165) is 12.1 Å². The first kappa shape index (κ1) is 22.6. The highest BCUT2D eigenvalue weighted by Crippen LogP contribution is 2.39. The topological polar surface area (TPSA) is 18.5 Å². The van der Waals surface area contributed by atoms with Crippen LogP contribution in [0, 0.1) is 0 Å². The smallest absolute Gasteiger partial charge is 0.0781 e. The lowest BCUT2D eigenvalue weighted by atomic mass is 9.89. The molecule has 1 saturated heterocycles. The molecule has 0 aromatic rings. The number of nitrogens with one attached hydrogen (secondary N) is 1. The fourth-order valence-corrected chi connectivity index (χ4v) is 6.56. The Bertz CT molecular complexity index is 408. The molecule has 0 amide bonds. The van der Waals surface area contributed by atoms with Crippen molar-refractivity contribution in [3.63, 3.8) is 0 Å². The molecule has 0 aromatic heterocycles. The standard InChI is InChI=1S/C25H49N3/c1-4-5-6-7-8-13-20-27-21-14-19-26-24(27)25(2,3)28(22-15-9-10-16-22)23-17-11-12-18-23/h22-24,26H,4-21H2,1-3H3. The van der Waals surface area contributed by atoms with Crippen LogP contribution in [0.1, 0.15) is 117 Å². The van der Waals surface area contributed by atoms with Gasteiger partial charge in [0.15, 0.2) is 0 Å². The van der Waals surface area contributed by atoms with Gasteiger partial charge in [-0.1, -0.05) is 64.7 Å². The van der Waals surface area contributed by atoms with E-state index in [4.69, 9.17) is 0 Å². The highest BCUT2D eigenvalue weighted by atomic mass is 15.4. The second-order valence-corrected chi connectivity index (χ2v) is 10.5. The first-order chi connectivity index (χ1) is 13.6. The van der Waals surface area contributed by atoms with Gasteiger partial charge >= 0.3 is 0 Å². The minimum absolute atomic E-state index is 0.229. The van der Waals surface area contributed by atoms with Crippen molar-refractivity contribution < 1.29 is 0 Å². The second-order valence-electron chi connectivity index (χ2n) is 10.5. The number of hydrogen-bond donors (Lipinski definition) is 1. The zero-order valence-electron chi connectivity index (χ0n) is 19.4. The van der Waals surface area contributed by atoms with Crippen molar-refractivity contribution in [1.82, 2.24) is 15.1 Å². The van der Waals surface area contributed by atoms with Crippen molar-refractivity contribution in [2.24, 2.45) is 0 Å². The van der Waals surface area contributed by atoms with E-state index in [1.54, 1.807) is 0 Å². The van der Waals surface area contributed by atoms with Crippen molar-refractivity contribution in [2.75, 3.05) is 19.6 Å². The maximum Gasteiger partial charge on any atom is 0.0781 e. The highest BCUT2D eigenvalue weighted by Gasteiger charge is 2.46. The quantitative estimate of drug-likeness (QED) is 0.440. The van der Waals surface area contributed by atoms with Crippen LogP contribution in [-0.4, -0.2) is 53.2 Å². The van der Waals surface area contributed by atoms with Crippen LogP contribution in [0.5, 0.6) is 0 Å². The van der Waals surface area contributed by atoms with Gasteiger partial charge in [0.25, 0.3) is 0 Å². The highest BCUT2D eigenvalue weighted by molar-refractivity contribution is 5.01. The van der Waals surface area contributed by atoms with Crippen LogP contribution >= 0.6 is 0 Å². The Kier molecular flexibility index (Phi) is 9.12. The SMILES string of the molecule is CCCCCCCCN1CCCNC1C(C)(C)N(C1CCCC1)C1CCCC1. The molecule has 2 aliphatic carbocycles. The van der Waals surface area contributed by atoms with E-state index in [1.165, 1.54) is 116 Å². The molecule has 0 aromatic carbocycles. The summed E-state index contributed by atoms with van der Waals surface area (Å²) >= 11 is 0. The van der Waals surface area contributed by atoms with Gasteiger partial charge in [-0.3, -0.25) is 9.80 Å². The molecule has 28 heavy (non-hydrogen) atoms. The van der Waals surface area contributed by atoms with Gasteiger partial charge in [0.05, 0.1) is 6.17 Å². The number of nitrogens with zero attached hydrogens (tertiary/aromatic N) is 2. The molecule has 164 valence electrons. The average Bonchev–Trinajstić information content (AvgIpc) is 3.40. The van der Waals surface area contributed by atoms with Gasteiger partial charge in [-0.25, -0.2) is 0 Å². The third-order valence-corrected chi connectivity index (χ3v) is 7.89. The van der Waals surface area contributed by atoms with Crippen LogP contribution in [0.25, 0.3) is 0 Å². The lowest BCUT2D eigenvalue weighted by molar-refractivity contribution is -0.0565. The minimum Gasteiger partial charge on any atom is -0.300 e. The Morgan fingerprint density at radius 2 is 1.39 bits per heavy atom. The van der Waals surface area contributed by atoms with Crippen molar-refractivity contribution in [1.29, 1.82) is 0 Å². The van der Waals surface area contributed by atoms with E-state index in [2.05, 4.69) is 35.9 Å². The molecule has 2 saturated carbocycles. The lowest BCUT2D eigenvalue weighted by Gasteiger charge is -2.54. The molecule has 3 aliphatic rings. The number of rotatable bonds is 11. The molecule has 1 heterocycles. The van der Waals surface area contributed by atoms with E-state index in [1.807, 2.05) is 0 Å². The van der Waals surface area contributed by atoms with E-state index in [0.29, 0.717) is 6.17 Å². The van der Waals surface area contributed by atoms with E-state index in [9.17, 15) is 0 Å². The summed E-state index contributed by atoms with van der Waals surface area (Å²) in [6.45, 7) is 11.2. The molecule has 1 aliphatic heterocycles. The Labute approximate surface area is 176 Å². The monoisotopic (exact) mass is 391 g/mol. The zero-order chi connectivity index (χ0) is 19.8. The van der Waals surface area contributed by atoms with Crippen molar-refractivity contribution in [3.8, 4) is 0 Å². The van der Waals surface area contributed by atoms with Crippen LogP contribution in [0.4, 0.5) is 0 Å². The maximum atomic E-state index is 3.98. The number of hydrogen-bond acceptors (Lipinski definition) is 3. The first-order valence-corrected chi connectivity index (χ1v) is 12.9. The normalized spacial score (nSPS) is 25.9. The van der Waals surface area contributed by atoms with Crippen LogP contribution in [-0.2, 0) is 0 Å². The third kappa shape index (κ3) is 5.73. The molecule has 3 nitrogen and oxygen atoms in total. The van der Waals surface area contributed by atoms with Gasteiger partial charge in [0.2, 0.25) is 0 Å². The number of unbranched alkanes of at least 4 members (excludes halogenated alkanes) is 5. The molecule has 0 radical (unpaired) electrons. The molecular formula is C25H49N3. The molecule has 3 heteroatoms. The molecule has 1 unspecified atom stereocenters. The Balaban J connectivity index is 1.63. The summed E-state index contributed by atoms with van der Waals surface area (Å²) in [6, 6.07) is 1.66. The molecule has 0 spiro atoms. The summed E-state index contributed by atoms with van der Waals surface area (Å²) in [4.78, 5) is 5.85. The molecule has 1 N–H and O–H groups in total. The summed E-state index contributed by atoms with van der Waals surface area (Å²) in [7, 11) is 0. The first-order valence-electron chi connectivity index (χ1n) is 12.9. The van der Waals surface area contributed by atoms with Gasteiger partial charge < -0.3 is 5.32 Å². The average molecular weight is 392 g/mol. The molecule has 3 rings (SSSR count). The van der Waals surface area contributed by atoms with Crippen LogP contribution in [0.15, 0.2) is 0 Å². The lowest BCUT2D eigenvalue weighted by Crippen LogP contribution is -2.69. The van der Waals surface area contributed by atoms with Crippen molar-refractivity contribution in [2.45, 2.75) is 141 Å². The molecule has 0 bridgehead atoms. The molecular weight excluding hydrogens is 342 g/mol. The summed E-state index contributed by atoms with van der Waals surface area (Å²) < 4.78 is 0. The van der Waals surface area contributed by atoms with Crippen LogP contribution < -0.4 is 5.32 Å². The largest absolute Gasteiger partial charge is 0.300 e. The van der Waals surface area contributed by atoms with Gasteiger partial charge in [-0.05, 0) is 65.5 Å². The Morgan fingerprint density at radius 3 is 2.00 bits per heavy atom. The van der Waals surface area contributed by atoms with Crippen LogP contribution in [0.2, 0.25) is 0 Å². The predicted molar refractivity (Wildman–Crippen MR) is 122 cm³/mol. The fourth-order valence-electron chi connectivity index (χ4n) is 6.56. The van der Waals surface area contributed by atoms with E-state index < -0.39 is 0 Å². The summed E-state index contributed by atoms with van der Waals surface area (Å²) in [5.74, 6) is 0. The summed E-state index contributed by atoms with van der Waals surface area (Å²) in [6.07, 6.45) is 21.8. The van der Waals surface area contributed by atoms with Crippen molar-refractivity contribution in [3.05, 3.63) is 0 Å². The minimum atomic E-state index is 0.229. The van der Waals surface area contributed by atoms with E-state index >= 15 is 0 Å². The molecule has 1 atom stereocenters. The Hall–Kier alpha value is -0.120. The predicted octanol–water partition coefficient (Wildman–Crippen LogP) is 5.93. The third-order valence-electron chi connectivity index (χ3n) is 7.89. The van der Waals surface area contributed by atoms with Gasteiger partial charge in [-0.2, -0.15) is 0 Å². The fraction of sp³-hybridized carbons (Fsp3) is 1.00. The summed E-state index contributed by atoms with van der Waals surface area (Å²) in [5.41, 5.74) is 0.229. The van der Waals surface area contributed by atoms with E-state index in [-0.39, 0.29) is 5.54 Å². The summed E-state index contributed by atoms with van der Waals surface area (Å²) in [5, 5.41) is 3.98. The Morgan fingerprint density at radius 1 is 0.821 bits per heavy atom.